The van der Waals surface area contributed by atoms with E-state index in [1.165, 1.54) is 22.7 Å². The van der Waals surface area contributed by atoms with Crippen LogP contribution in [0.5, 0.6) is 0 Å². The molecule has 1 aromatic heterocycles. The maximum atomic E-state index is 12.5. The Balaban J connectivity index is 1.80. The molecule has 0 atom stereocenters. The van der Waals surface area contributed by atoms with Gasteiger partial charge in [-0.3, -0.25) is 9.10 Å². The third kappa shape index (κ3) is 3.11. The van der Waals surface area contributed by atoms with E-state index in [1.807, 2.05) is 4.90 Å². The van der Waals surface area contributed by atoms with Crippen molar-refractivity contribution in [2.75, 3.05) is 24.4 Å². The number of rotatable bonds is 4. The van der Waals surface area contributed by atoms with Crippen molar-refractivity contribution in [3.8, 4) is 0 Å². The molecule has 1 aliphatic rings. The lowest BCUT2D eigenvalue weighted by molar-refractivity contribution is 0.0793. The molecule has 23 heavy (non-hydrogen) atoms. The summed E-state index contributed by atoms with van der Waals surface area (Å²) in [5.74, 6) is 0.0119. The van der Waals surface area contributed by atoms with Gasteiger partial charge in [0, 0.05) is 25.7 Å². The molecule has 0 N–H and O–H groups in total. The van der Waals surface area contributed by atoms with Crippen molar-refractivity contribution in [3.05, 3.63) is 47.3 Å². The predicted octanol–water partition coefficient (Wildman–Crippen LogP) is 2.81. The molecule has 0 spiro atoms. The topological polar surface area (TPSA) is 57.7 Å². The van der Waals surface area contributed by atoms with E-state index in [2.05, 4.69) is 0 Å². The maximum Gasteiger partial charge on any atom is 0.273 e. The summed E-state index contributed by atoms with van der Waals surface area (Å²) in [5.41, 5.74) is 1.13. The molecular weight excluding hydrogens is 332 g/mol. The van der Waals surface area contributed by atoms with Gasteiger partial charge in [0.05, 0.1) is 5.69 Å². The quantitative estimate of drug-likeness (QED) is 0.852. The van der Waals surface area contributed by atoms with Gasteiger partial charge in [-0.15, -0.1) is 11.3 Å². The van der Waals surface area contributed by atoms with Gasteiger partial charge in [0.15, 0.2) is 0 Å². The largest absolute Gasteiger partial charge is 0.339 e. The Labute approximate surface area is 140 Å². The summed E-state index contributed by atoms with van der Waals surface area (Å²) in [5, 5.41) is 1.73. The molecule has 122 valence electrons. The Bertz CT molecular complexity index is 777. The van der Waals surface area contributed by atoms with Gasteiger partial charge in [0.2, 0.25) is 0 Å². The van der Waals surface area contributed by atoms with Crippen molar-refractivity contribution >= 4 is 33.0 Å². The fraction of sp³-hybridized carbons (Fsp3) is 0.312. The second kappa shape index (κ2) is 6.33. The monoisotopic (exact) mass is 350 g/mol. The van der Waals surface area contributed by atoms with Crippen LogP contribution in [0, 0.1) is 0 Å². The summed E-state index contributed by atoms with van der Waals surface area (Å²) in [6.45, 7) is 1.60. The van der Waals surface area contributed by atoms with Crippen LogP contribution < -0.4 is 4.31 Å². The molecule has 0 aliphatic carbocycles. The van der Waals surface area contributed by atoms with Crippen LogP contribution in [-0.4, -0.2) is 39.4 Å². The first-order chi connectivity index (χ1) is 11.0. The van der Waals surface area contributed by atoms with Crippen molar-refractivity contribution in [3.63, 3.8) is 0 Å². The van der Waals surface area contributed by atoms with Gasteiger partial charge >= 0.3 is 0 Å². The molecule has 1 fully saturated rings. The lowest BCUT2D eigenvalue weighted by Gasteiger charge is -2.19. The van der Waals surface area contributed by atoms with E-state index in [0.717, 1.165) is 25.9 Å². The first-order valence-corrected chi connectivity index (χ1v) is 9.74. The number of thiophene rings is 1. The first kappa shape index (κ1) is 16.0. The van der Waals surface area contributed by atoms with Gasteiger partial charge in [-0.2, -0.15) is 0 Å². The summed E-state index contributed by atoms with van der Waals surface area (Å²) in [4.78, 5) is 14.1. The number of carbonyl (C=O) groups excluding carboxylic acids is 1. The van der Waals surface area contributed by atoms with Gasteiger partial charge in [0.1, 0.15) is 4.21 Å². The van der Waals surface area contributed by atoms with Crippen molar-refractivity contribution in [1.29, 1.82) is 0 Å². The third-order valence-electron chi connectivity index (χ3n) is 3.98. The van der Waals surface area contributed by atoms with Gasteiger partial charge in [-0.05, 0) is 48.6 Å². The van der Waals surface area contributed by atoms with Crippen LogP contribution >= 0.6 is 11.3 Å². The van der Waals surface area contributed by atoms with Crippen LogP contribution in [0.4, 0.5) is 5.69 Å². The van der Waals surface area contributed by atoms with Crippen molar-refractivity contribution in [2.45, 2.75) is 17.1 Å². The number of carbonyl (C=O) groups is 1. The Kier molecular flexibility index (Phi) is 4.41. The van der Waals surface area contributed by atoms with Gasteiger partial charge in [-0.25, -0.2) is 8.42 Å². The normalized spacial score (nSPS) is 14.9. The predicted molar refractivity (Wildman–Crippen MR) is 91.5 cm³/mol. The van der Waals surface area contributed by atoms with E-state index in [4.69, 9.17) is 0 Å². The minimum atomic E-state index is -3.54. The highest BCUT2D eigenvalue weighted by Crippen LogP contribution is 2.25. The molecule has 2 heterocycles. The fourth-order valence-electron chi connectivity index (χ4n) is 2.60. The standard InChI is InChI=1S/C16H18N2O3S2/c1-17(23(20,21)15-5-4-12-22-15)14-8-6-13(7-9-14)16(19)18-10-2-3-11-18/h4-9,12H,2-3,10-11H2,1H3. The van der Waals surface area contributed by atoms with Crippen LogP contribution in [0.2, 0.25) is 0 Å². The van der Waals surface area contributed by atoms with Crippen LogP contribution in [0.3, 0.4) is 0 Å². The number of likely N-dealkylation sites (tertiary alicyclic amines) is 1. The number of benzene rings is 1. The van der Waals surface area contributed by atoms with E-state index >= 15 is 0 Å². The Morgan fingerprint density at radius 3 is 2.35 bits per heavy atom. The number of amides is 1. The highest BCUT2D eigenvalue weighted by molar-refractivity contribution is 7.94. The van der Waals surface area contributed by atoms with Crippen LogP contribution in [0.25, 0.3) is 0 Å². The summed E-state index contributed by atoms with van der Waals surface area (Å²) in [6.07, 6.45) is 2.09. The van der Waals surface area contributed by atoms with Gasteiger partial charge in [-0.1, -0.05) is 6.07 Å². The van der Waals surface area contributed by atoms with Crippen molar-refractivity contribution in [2.24, 2.45) is 0 Å². The number of sulfonamides is 1. The highest BCUT2D eigenvalue weighted by Gasteiger charge is 2.23. The molecule has 3 rings (SSSR count). The fourth-order valence-corrected chi connectivity index (χ4v) is 4.96. The number of hydrogen-bond acceptors (Lipinski definition) is 4. The van der Waals surface area contributed by atoms with Crippen LogP contribution in [0.15, 0.2) is 46.0 Å². The molecule has 0 radical (unpaired) electrons. The van der Waals surface area contributed by atoms with Crippen molar-refractivity contribution in [1.82, 2.24) is 4.90 Å². The molecular formula is C16H18N2O3S2. The molecule has 0 saturated carbocycles. The van der Waals surface area contributed by atoms with E-state index in [1.54, 1.807) is 41.8 Å². The maximum absolute atomic E-state index is 12.5. The minimum Gasteiger partial charge on any atom is -0.339 e. The smallest absolute Gasteiger partial charge is 0.273 e. The van der Waals surface area contributed by atoms with E-state index < -0.39 is 10.0 Å². The zero-order chi connectivity index (χ0) is 16.4. The molecule has 1 saturated heterocycles. The molecule has 1 aliphatic heterocycles. The van der Waals surface area contributed by atoms with Gasteiger partial charge in [0.25, 0.3) is 15.9 Å². The second-order valence-corrected chi connectivity index (χ2v) is 8.59. The number of hydrogen-bond donors (Lipinski definition) is 0. The summed E-state index contributed by atoms with van der Waals surface area (Å²) in [7, 11) is -2.02. The first-order valence-electron chi connectivity index (χ1n) is 7.42. The van der Waals surface area contributed by atoms with Crippen LogP contribution in [-0.2, 0) is 10.0 Å². The average molecular weight is 350 g/mol. The zero-order valence-corrected chi connectivity index (χ0v) is 14.4. The summed E-state index contributed by atoms with van der Waals surface area (Å²) < 4.78 is 26.5. The van der Waals surface area contributed by atoms with Crippen molar-refractivity contribution < 1.29 is 13.2 Å². The Morgan fingerprint density at radius 2 is 1.78 bits per heavy atom. The highest BCUT2D eigenvalue weighted by atomic mass is 32.2. The number of anilines is 1. The SMILES string of the molecule is CN(c1ccc(C(=O)N2CCCC2)cc1)S(=O)(=O)c1cccs1. The van der Waals surface area contributed by atoms with E-state index in [9.17, 15) is 13.2 Å². The molecule has 0 bridgehead atoms. The van der Waals surface area contributed by atoms with E-state index in [0.29, 0.717) is 15.5 Å². The minimum absolute atomic E-state index is 0.0119. The summed E-state index contributed by atoms with van der Waals surface area (Å²) >= 11 is 1.19. The lowest BCUT2D eigenvalue weighted by atomic mass is 10.2. The van der Waals surface area contributed by atoms with Crippen LogP contribution in [0.1, 0.15) is 23.2 Å². The second-order valence-electron chi connectivity index (χ2n) is 5.45. The molecule has 1 amide bonds. The third-order valence-corrected chi connectivity index (χ3v) is 7.14. The molecule has 2 aromatic rings. The zero-order valence-electron chi connectivity index (χ0n) is 12.8. The molecule has 5 nitrogen and oxygen atoms in total. The Hall–Kier alpha value is -1.86. The van der Waals surface area contributed by atoms with E-state index in [-0.39, 0.29) is 5.91 Å². The van der Waals surface area contributed by atoms with Gasteiger partial charge < -0.3 is 4.90 Å². The molecule has 0 unspecified atom stereocenters. The Morgan fingerprint density at radius 1 is 1.13 bits per heavy atom. The average Bonchev–Trinajstić information content (AvgIpc) is 3.26. The number of nitrogens with zero attached hydrogens (tertiary/aromatic N) is 2. The molecule has 7 heteroatoms. The summed E-state index contributed by atoms with van der Waals surface area (Å²) in [6, 6.07) is 10.0. The lowest BCUT2D eigenvalue weighted by Crippen LogP contribution is -2.28. The molecule has 1 aromatic carbocycles.